The summed E-state index contributed by atoms with van der Waals surface area (Å²) in [7, 11) is 0. The number of rotatable bonds is 41. The van der Waals surface area contributed by atoms with Gasteiger partial charge in [0, 0.05) is 12.8 Å². The van der Waals surface area contributed by atoms with E-state index in [1.807, 2.05) is 0 Å². The van der Waals surface area contributed by atoms with Gasteiger partial charge in [-0.25, -0.2) is 0 Å². The van der Waals surface area contributed by atoms with Crippen molar-refractivity contribution in [3.63, 3.8) is 0 Å². The van der Waals surface area contributed by atoms with Crippen LogP contribution in [0.5, 0.6) is 0 Å². The third-order valence-electron chi connectivity index (χ3n) is 11.0. The van der Waals surface area contributed by atoms with Crippen molar-refractivity contribution < 1.29 is 37.5 Å². The van der Waals surface area contributed by atoms with Crippen molar-refractivity contribution in [3.8, 4) is 0 Å². The van der Waals surface area contributed by atoms with Crippen LogP contribution in [0.4, 0.5) is 0 Å². The summed E-state index contributed by atoms with van der Waals surface area (Å²) in [5.41, 5.74) is 0. The number of hydrogen-bond donors (Lipinski definition) is 1. The van der Waals surface area contributed by atoms with Gasteiger partial charge < -0.3 is 27.9 Å². The molecule has 0 amide bonds. The van der Waals surface area contributed by atoms with Crippen LogP contribution in [0, 0.1) is 0 Å². The number of likely N-dealkylation sites (N-methyl/N-ethyl adjacent to an activating group) is 1. The van der Waals surface area contributed by atoms with E-state index < -0.39 is 12.8 Å². The molecule has 0 radical (unpaired) electrons. The third-order valence-corrected chi connectivity index (χ3v) is 12.6. The topological polar surface area (TPSA) is 91.3 Å². The molecule has 0 fully saturated rings. The smallest absolute Gasteiger partial charge is 0.324 e. The van der Waals surface area contributed by atoms with Crippen molar-refractivity contribution in [2.75, 3.05) is 46.0 Å². The molecule has 8 nitrogen and oxygen atoms in total. The van der Waals surface area contributed by atoms with Crippen molar-refractivity contribution in [3.05, 3.63) is 0 Å². The van der Waals surface area contributed by atoms with Crippen molar-refractivity contribution in [1.82, 2.24) is 0 Å². The van der Waals surface area contributed by atoms with Crippen LogP contribution in [0.1, 0.15) is 214 Å². The lowest BCUT2D eigenvalue weighted by Crippen LogP contribution is -2.49. The Balaban J connectivity index is 4.54. The molecule has 0 aromatic heterocycles. The molecule has 0 rings (SSSR count). The second kappa shape index (κ2) is 37.0. The summed E-state index contributed by atoms with van der Waals surface area (Å²) < 4.78 is 23.4. The summed E-state index contributed by atoms with van der Waals surface area (Å²) in [6.45, 7) is 11.0. The second-order valence-corrected chi connectivity index (χ2v) is 18.2. The lowest BCUT2D eigenvalue weighted by atomic mass is 10.0. The molecule has 2 atom stereocenters. The van der Waals surface area contributed by atoms with E-state index in [0.29, 0.717) is 12.8 Å². The predicted octanol–water partition coefficient (Wildman–Crippen LogP) is 12.5. The molecule has 0 aromatic carbocycles. The highest BCUT2D eigenvalue weighted by Crippen LogP contribution is 2.43. The minimum atomic E-state index is -3.56. The molecule has 0 aliphatic rings. The minimum Gasteiger partial charge on any atom is -0.462 e. The predicted molar refractivity (Wildman–Crippen MR) is 227 cm³/mol. The fourth-order valence-electron chi connectivity index (χ4n) is 6.90. The average Bonchev–Trinajstić information content (AvgIpc) is 3.15. The quantitative estimate of drug-likeness (QED) is 0.0283. The Morgan fingerprint density at radius 2 is 0.887 bits per heavy atom. The largest absolute Gasteiger partial charge is 0.462 e. The van der Waals surface area contributed by atoms with E-state index in [1.165, 1.54) is 128 Å². The Morgan fingerprint density at radius 3 is 1.26 bits per heavy atom. The summed E-state index contributed by atoms with van der Waals surface area (Å²) in [6.07, 6.45) is 32.1. The van der Waals surface area contributed by atoms with Gasteiger partial charge >= 0.3 is 18.7 Å². The van der Waals surface area contributed by atoms with Gasteiger partial charge in [-0.15, -0.1) is 0 Å². The standard InChI is InChI=1S/C43H86NO7PS/c1-6-11-13-15-17-19-21-23-25-27-29-31-33-35-42(45)48-39-41(40-50-52(47,53)49-38-37-44(8-3,9-4)10-5)51-43(46)36-34-32-30-28-26-24-22-20-18-16-14-12-7-2/h41H,6-40H2,1-5H3/p+1/t41-,52?/m1/s1. The summed E-state index contributed by atoms with van der Waals surface area (Å²) in [4.78, 5) is 36.1. The van der Waals surface area contributed by atoms with Crippen molar-refractivity contribution in [1.29, 1.82) is 0 Å². The number of carbonyl (C=O) groups is 2. The molecule has 0 saturated heterocycles. The van der Waals surface area contributed by atoms with Crippen LogP contribution in [-0.4, -0.2) is 73.4 Å². The Bertz CT molecular complexity index is 880. The van der Waals surface area contributed by atoms with E-state index >= 15 is 0 Å². The van der Waals surface area contributed by atoms with Crippen LogP contribution in [-0.2, 0) is 39.9 Å². The molecular formula is C43H87NO7PS+. The number of nitrogens with zero attached hydrogens (tertiary/aromatic N) is 1. The molecule has 0 spiro atoms. The Hall–Kier alpha value is -0.570. The van der Waals surface area contributed by atoms with Gasteiger partial charge in [-0.2, -0.15) is 0 Å². The number of quaternary nitrogens is 1. The van der Waals surface area contributed by atoms with Crippen molar-refractivity contribution in [2.24, 2.45) is 0 Å². The zero-order valence-electron chi connectivity index (χ0n) is 35.5. The molecule has 1 N–H and O–H groups in total. The molecule has 0 heterocycles. The van der Waals surface area contributed by atoms with Crippen LogP contribution < -0.4 is 0 Å². The molecule has 0 saturated carbocycles. The highest BCUT2D eigenvalue weighted by Gasteiger charge is 2.26. The highest BCUT2D eigenvalue weighted by atomic mass is 32.5. The molecule has 1 unspecified atom stereocenters. The van der Waals surface area contributed by atoms with Gasteiger partial charge in [0.25, 0.3) is 0 Å². The Labute approximate surface area is 333 Å². The van der Waals surface area contributed by atoms with Crippen LogP contribution in [0.15, 0.2) is 0 Å². The maximum atomic E-state index is 12.8. The molecule has 10 heteroatoms. The van der Waals surface area contributed by atoms with Crippen LogP contribution in [0.25, 0.3) is 0 Å². The van der Waals surface area contributed by atoms with Crippen LogP contribution in [0.2, 0.25) is 0 Å². The maximum absolute atomic E-state index is 12.8. The van der Waals surface area contributed by atoms with E-state index in [1.54, 1.807) is 0 Å². The van der Waals surface area contributed by atoms with Crippen molar-refractivity contribution in [2.45, 2.75) is 221 Å². The van der Waals surface area contributed by atoms with Gasteiger partial charge in [-0.05, 0) is 45.4 Å². The zero-order valence-corrected chi connectivity index (χ0v) is 37.2. The fourth-order valence-corrected chi connectivity index (χ4v) is 8.05. The molecule has 53 heavy (non-hydrogen) atoms. The first-order valence-electron chi connectivity index (χ1n) is 22.5. The first-order chi connectivity index (χ1) is 25.7. The van der Waals surface area contributed by atoms with Gasteiger partial charge in [0.1, 0.15) is 19.8 Å². The molecule has 316 valence electrons. The summed E-state index contributed by atoms with van der Waals surface area (Å²) in [5.74, 6) is -0.657. The van der Waals surface area contributed by atoms with Crippen LogP contribution >= 0.6 is 6.72 Å². The van der Waals surface area contributed by atoms with Gasteiger partial charge in [0.2, 0.25) is 0 Å². The van der Waals surface area contributed by atoms with E-state index in [9.17, 15) is 14.5 Å². The molecular weight excluding hydrogens is 706 g/mol. The fraction of sp³-hybridized carbons (Fsp3) is 0.953. The first-order valence-corrected chi connectivity index (χ1v) is 25.1. The van der Waals surface area contributed by atoms with Gasteiger partial charge in [0.15, 0.2) is 6.10 Å². The van der Waals surface area contributed by atoms with Crippen LogP contribution in [0.3, 0.4) is 0 Å². The maximum Gasteiger partial charge on any atom is 0.324 e. The second-order valence-electron chi connectivity index (χ2n) is 15.4. The summed E-state index contributed by atoms with van der Waals surface area (Å²) in [5, 5.41) is 0. The monoisotopic (exact) mass is 793 g/mol. The SMILES string of the molecule is CCCCCCCCCCCCCCCC(=O)OC[C@H](COP(O)(=S)OCC[N+](CC)(CC)CC)OC(=O)CCCCCCCCCCCCCCC. The highest BCUT2D eigenvalue weighted by molar-refractivity contribution is 8.07. The van der Waals surface area contributed by atoms with Crippen molar-refractivity contribution >= 4 is 30.5 Å². The summed E-state index contributed by atoms with van der Waals surface area (Å²) >= 11 is 5.28. The first kappa shape index (κ1) is 52.4. The minimum absolute atomic E-state index is 0.127. The van der Waals surface area contributed by atoms with E-state index in [4.69, 9.17) is 30.3 Å². The lowest BCUT2D eigenvalue weighted by Gasteiger charge is -2.35. The molecule has 0 aromatic rings. The zero-order chi connectivity index (χ0) is 39.3. The number of unbranched alkanes of at least 4 members (excludes halogenated alkanes) is 24. The van der Waals surface area contributed by atoms with Gasteiger partial charge in [0.05, 0.1) is 26.2 Å². The lowest BCUT2D eigenvalue weighted by molar-refractivity contribution is -0.923. The van der Waals surface area contributed by atoms with E-state index in [-0.39, 0.29) is 31.8 Å². The molecule has 0 aliphatic heterocycles. The average molecular weight is 793 g/mol. The Kier molecular flexibility index (Phi) is 36.6. The number of carbonyl (C=O) groups excluding carboxylic acids is 2. The number of esters is 2. The molecule has 0 bridgehead atoms. The number of ether oxygens (including phenoxy) is 2. The third kappa shape index (κ3) is 33.3. The van der Waals surface area contributed by atoms with E-state index in [2.05, 4.69) is 34.6 Å². The number of hydrogen-bond acceptors (Lipinski definition) is 7. The molecule has 0 aliphatic carbocycles. The van der Waals surface area contributed by atoms with Gasteiger partial charge in [-0.1, -0.05) is 168 Å². The normalized spacial score (nSPS) is 13.5. The van der Waals surface area contributed by atoms with Gasteiger partial charge in [-0.3, -0.25) is 9.59 Å². The van der Waals surface area contributed by atoms with E-state index in [0.717, 1.165) is 69.2 Å². The Morgan fingerprint density at radius 1 is 0.528 bits per heavy atom. The summed E-state index contributed by atoms with van der Waals surface area (Å²) in [6, 6.07) is 0.